The van der Waals surface area contributed by atoms with Crippen molar-refractivity contribution in [3.05, 3.63) is 18.0 Å². The number of likely N-dealkylation sites (tertiary alicyclic amines) is 1. The predicted octanol–water partition coefficient (Wildman–Crippen LogP) is 1.72. The quantitative estimate of drug-likeness (QED) is 0.895. The summed E-state index contributed by atoms with van der Waals surface area (Å²) in [5, 5.41) is 7.53. The Morgan fingerprint density at radius 3 is 2.52 bits per heavy atom. The Labute approximate surface area is 138 Å². The first kappa shape index (κ1) is 18.3. The van der Waals surface area contributed by atoms with Crippen molar-refractivity contribution < 1.29 is 4.79 Å². The first-order valence-corrected chi connectivity index (χ1v) is 7.26. The first-order chi connectivity index (χ1) is 9.25. The van der Waals surface area contributed by atoms with Crippen LogP contribution < -0.4 is 5.32 Å². The predicted molar refractivity (Wildman–Crippen MR) is 87.3 cm³/mol. The van der Waals surface area contributed by atoms with Crippen LogP contribution in [0.2, 0.25) is 0 Å². The molecule has 2 aliphatic heterocycles. The first-order valence-electron chi connectivity index (χ1n) is 7.26. The van der Waals surface area contributed by atoms with Crippen LogP contribution in [0.1, 0.15) is 37.3 Å². The van der Waals surface area contributed by atoms with Crippen LogP contribution in [0.4, 0.5) is 0 Å². The van der Waals surface area contributed by atoms with Gasteiger partial charge in [0.2, 0.25) is 5.91 Å². The van der Waals surface area contributed by atoms with E-state index in [1.807, 2.05) is 22.8 Å². The van der Waals surface area contributed by atoms with Crippen molar-refractivity contribution >= 4 is 30.7 Å². The van der Waals surface area contributed by atoms with Crippen molar-refractivity contribution in [2.45, 2.75) is 37.6 Å². The molecule has 2 aliphatic rings. The van der Waals surface area contributed by atoms with Crippen molar-refractivity contribution in [3.8, 4) is 0 Å². The highest BCUT2D eigenvalue weighted by Crippen LogP contribution is 2.28. The molecule has 1 amide bonds. The lowest BCUT2D eigenvalue weighted by Gasteiger charge is -2.33. The average molecular weight is 335 g/mol. The second-order valence-corrected chi connectivity index (χ2v) is 5.63. The van der Waals surface area contributed by atoms with Gasteiger partial charge in [0.05, 0.1) is 6.04 Å². The van der Waals surface area contributed by atoms with Gasteiger partial charge in [0.15, 0.2) is 0 Å². The molecule has 1 aromatic heterocycles. The molecular weight excluding hydrogens is 311 g/mol. The van der Waals surface area contributed by atoms with Crippen molar-refractivity contribution in [2.75, 3.05) is 19.6 Å². The molecule has 2 fully saturated rings. The summed E-state index contributed by atoms with van der Waals surface area (Å²) in [5.41, 5.74) is 1.30. The van der Waals surface area contributed by atoms with E-state index in [4.69, 9.17) is 0 Å². The molecule has 3 rings (SSSR count). The number of hydrogen-bond donors (Lipinski definition) is 1. The van der Waals surface area contributed by atoms with Crippen LogP contribution in [0.5, 0.6) is 0 Å². The molecule has 0 saturated carbocycles. The third-order valence-corrected chi connectivity index (χ3v) is 4.44. The second-order valence-electron chi connectivity index (χ2n) is 5.63. The molecule has 120 valence electrons. The molecule has 2 saturated heterocycles. The molecule has 0 spiro atoms. The SMILES string of the molecule is Cl.Cl.Cn1nccc1C1CCN(C(=O)C2CCCN2)CC1. The highest BCUT2D eigenvalue weighted by Gasteiger charge is 2.30. The molecule has 0 radical (unpaired) electrons. The van der Waals surface area contributed by atoms with Crippen LogP contribution in [0.3, 0.4) is 0 Å². The molecule has 3 heterocycles. The van der Waals surface area contributed by atoms with E-state index in [0.717, 1.165) is 45.3 Å². The topological polar surface area (TPSA) is 50.2 Å². The monoisotopic (exact) mass is 334 g/mol. The van der Waals surface area contributed by atoms with Gasteiger partial charge in [0.25, 0.3) is 0 Å². The van der Waals surface area contributed by atoms with Gasteiger partial charge in [0.1, 0.15) is 0 Å². The summed E-state index contributed by atoms with van der Waals surface area (Å²) in [6, 6.07) is 2.17. The summed E-state index contributed by atoms with van der Waals surface area (Å²) in [4.78, 5) is 14.3. The van der Waals surface area contributed by atoms with Crippen LogP contribution in [0.25, 0.3) is 0 Å². The number of carbonyl (C=O) groups excluding carboxylic acids is 1. The zero-order valence-corrected chi connectivity index (χ0v) is 14.0. The summed E-state index contributed by atoms with van der Waals surface area (Å²) >= 11 is 0. The van der Waals surface area contributed by atoms with Gasteiger partial charge in [-0.05, 0) is 38.3 Å². The number of nitrogens with one attached hydrogen (secondary N) is 1. The Morgan fingerprint density at radius 2 is 2.00 bits per heavy atom. The van der Waals surface area contributed by atoms with E-state index in [1.165, 1.54) is 5.69 Å². The number of piperidine rings is 1. The van der Waals surface area contributed by atoms with E-state index in [2.05, 4.69) is 16.5 Å². The van der Waals surface area contributed by atoms with Gasteiger partial charge in [-0.3, -0.25) is 9.48 Å². The largest absolute Gasteiger partial charge is 0.341 e. The fourth-order valence-corrected chi connectivity index (χ4v) is 3.30. The minimum atomic E-state index is 0. The van der Waals surface area contributed by atoms with Gasteiger partial charge in [-0.1, -0.05) is 0 Å². The van der Waals surface area contributed by atoms with Crippen molar-refractivity contribution in [1.82, 2.24) is 20.0 Å². The van der Waals surface area contributed by atoms with E-state index in [-0.39, 0.29) is 30.9 Å². The molecular formula is C14H24Cl2N4O. The molecule has 1 atom stereocenters. The minimum Gasteiger partial charge on any atom is -0.341 e. The van der Waals surface area contributed by atoms with Gasteiger partial charge in [-0.2, -0.15) is 5.10 Å². The summed E-state index contributed by atoms with van der Waals surface area (Å²) in [5.74, 6) is 0.856. The summed E-state index contributed by atoms with van der Waals surface area (Å²) in [6.45, 7) is 2.75. The Hall–Kier alpha value is -0.780. The standard InChI is InChI=1S/C14H22N4O.2ClH/c1-17-13(4-8-16-17)11-5-9-18(10-6-11)14(19)12-3-2-7-15-12;;/h4,8,11-12,15H,2-3,5-7,9-10H2,1H3;2*1H. The van der Waals surface area contributed by atoms with Crippen LogP contribution in [0, 0.1) is 0 Å². The number of halogens is 2. The number of rotatable bonds is 2. The van der Waals surface area contributed by atoms with Gasteiger partial charge < -0.3 is 10.2 Å². The Kier molecular flexibility index (Phi) is 6.97. The molecule has 5 nitrogen and oxygen atoms in total. The Morgan fingerprint density at radius 1 is 1.29 bits per heavy atom. The van der Waals surface area contributed by atoms with Gasteiger partial charge in [-0.15, -0.1) is 24.8 Å². The number of nitrogens with zero attached hydrogens (tertiary/aromatic N) is 3. The van der Waals surface area contributed by atoms with Gasteiger partial charge >= 0.3 is 0 Å². The van der Waals surface area contributed by atoms with Gasteiger partial charge in [0, 0.05) is 37.9 Å². The number of hydrogen-bond acceptors (Lipinski definition) is 3. The van der Waals surface area contributed by atoms with E-state index in [1.54, 1.807) is 0 Å². The zero-order valence-electron chi connectivity index (χ0n) is 12.3. The van der Waals surface area contributed by atoms with E-state index in [0.29, 0.717) is 11.8 Å². The van der Waals surface area contributed by atoms with E-state index >= 15 is 0 Å². The van der Waals surface area contributed by atoms with Crippen molar-refractivity contribution in [3.63, 3.8) is 0 Å². The number of aryl methyl sites for hydroxylation is 1. The molecule has 1 unspecified atom stereocenters. The van der Waals surface area contributed by atoms with Crippen molar-refractivity contribution in [1.29, 1.82) is 0 Å². The molecule has 1 aromatic rings. The van der Waals surface area contributed by atoms with Crippen LogP contribution in [-0.2, 0) is 11.8 Å². The molecule has 1 N–H and O–H groups in total. The number of carbonyl (C=O) groups is 1. The van der Waals surface area contributed by atoms with Crippen LogP contribution >= 0.6 is 24.8 Å². The summed E-state index contributed by atoms with van der Waals surface area (Å²) in [7, 11) is 2.00. The third-order valence-electron chi connectivity index (χ3n) is 4.44. The number of amides is 1. The lowest BCUT2D eigenvalue weighted by Crippen LogP contribution is -2.46. The maximum Gasteiger partial charge on any atom is 0.239 e. The fraction of sp³-hybridized carbons (Fsp3) is 0.714. The average Bonchev–Trinajstić information content (AvgIpc) is 3.09. The Balaban J connectivity index is 0.00000110. The van der Waals surface area contributed by atoms with E-state index in [9.17, 15) is 4.79 Å². The van der Waals surface area contributed by atoms with Gasteiger partial charge in [-0.25, -0.2) is 0 Å². The van der Waals surface area contributed by atoms with Crippen LogP contribution in [-0.4, -0.2) is 46.3 Å². The summed E-state index contributed by atoms with van der Waals surface area (Å²) in [6.07, 6.45) is 6.09. The molecule has 7 heteroatoms. The smallest absolute Gasteiger partial charge is 0.239 e. The highest BCUT2D eigenvalue weighted by atomic mass is 35.5. The molecule has 0 aliphatic carbocycles. The molecule has 21 heavy (non-hydrogen) atoms. The lowest BCUT2D eigenvalue weighted by molar-refractivity contribution is -0.134. The maximum absolute atomic E-state index is 12.3. The maximum atomic E-state index is 12.3. The highest BCUT2D eigenvalue weighted by molar-refractivity contribution is 5.85. The number of aromatic nitrogens is 2. The zero-order chi connectivity index (χ0) is 13.2. The second kappa shape index (κ2) is 8.01. The third kappa shape index (κ3) is 3.90. The lowest BCUT2D eigenvalue weighted by atomic mass is 9.93. The molecule has 0 bridgehead atoms. The molecule has 0 aromatic carbocycles. The minimum absolute atomic E-state index is 0. The van der Waals surface area contributed by atoms with Crippen molar-refractivity contribution in [2.24, 2.45) is 7.05 Å². The Bertz CT molecular complexity index is 452. The fourth-order valence-electron chi connectivity index (χ4n) is 3.30. The normalized spacial score (nSPS) is 22.5. The van der Waals surface area contributed by atoms with E-state index < -0.39 is 0 Å². The van der Waals surface area contributed by atoms with Crippen LogP contribution in [0.15, 0.2) is 12.3 Å². The summed E-state index contributed by atoms with van der Waals surface area (Å²) < 4.78 is 1.96.